The minimum absolute atomic E-state index is 0.0423. The van der Waals surface area contributed by atoms with E-state index in [1.54, 1.807) is 48.7 Å². The van der Waals surface area contributed by atoms with Gasteiger partial charge in [0.2, 0.25) is 0 Å². The summed E-state index contributed by atoms with van der Waals surface area (Å²) in [6.45, 7) is -0.181. The van der Waals surface area contributed by atoms with Gasteiger partial charge >= 0.3 is 0 Å². The zero-order valence-corrected chi connectivity index (χ0v) is 16.2. The first-order valence-corrected chi connectivity index (χ1v) is 9.27. The predicted octanol–water partition coefficient (Wildman–Crippen LogP) is 3.76. The standard InChI is InChI=1S/C22H19ClFN3O2/c23-19-3-1-2-17(9-19)21(25)12-27-22(29)18-7-15(10-26-11-18)6-16-5-4-14(13-28)8-20(16)24/h1-5,7-11,25,28H,6,12-13H2,(H,27,29). The molecule has 0 aliphatic heterocycles. The molecule has 1 aromatic heterocycles. The van der Waals surface area contributed by atoms with Crippen LogP contribution in [0.25, 0.3) is 0 Å². The Hall–Kier alpha value is -3.09. The highest BCUT2D eigenvalue weighted by molar-refractivity contribution is 6.31. The fraction of sp³-hybridized carbons (Fsp3) is 0.136. The summed E-state index contributed by atoms with van der Waals surface area (Å²) < 4.78 is 14.1. The first-order valence-electron chi connectivity index (χ1n) is 8.90. The number of aliphatic hydroxyl groups is 1. The van der Waals surface area contributed by atoms with Crippen molar-refractivity contribution in [2.24, 2.45) is 0 Å². The molecule has 1 amide bonds. The monoisotopic (exact) mass is 411 g/mol. The molecule has 5 nitrogen and oxygen atoms in total. The predicted molar refractivity (Wildman–Crippen MR) is 110 cm³/mol. The van der Waals surface area contributed by atoms with Gasteiger partial charge in [-0.3, -0.25) is 9.78 Å². The molecular formula is C22H19ClFN3O2. The van der Waals surface area contributed by atoms with Crippen molar-refractivity contribution in [1.82, 2.24) is 10.3 Å². The molecule has 0 saturated heterocycles. The number of nitrogens with zero attached hydrogens (tertiary/aromatic N) is 1. The third kappa shape index (κ3) is 5.47. The molecule has 0 aliphatic rings. The Balaban J connectivity index is 1.65. The van der Waals surface area contributed by atoms with Crippen molar-refractivity contribution in [1.29, 1.82) is 5.41 Å². The van der Waals surface area contributed by atoms with Gasteiger partial charge in [0, 0.05) is 23.8 Å². The molecular weight excluding hydrogens is 393 g/mol. The van der Waals surface area contributed by atoms with Crippen molar-refractivity contribution < 1.29 is 14.3 Å². The number of nitrogens with one attached hydrogen (secondary N) is 2. The zero-order valence-electron chi connectivity index (χ0n) is 15.5. The summed E-state index contributed by atoms with van der Waals surface area (Å²) in [4.78, 5) is 16.5. The average molecular weight is 412 g/mol. The SMILES string of the molecule is N=C(CNC(=O)c1cncc(Cc2ccc(CO)cc2F)c1)c1cccc(Cl)c1. The molecule has 0 bridgehead atoms. The van der Waals surface area contributed by atoms with E-state index >= 15 is 0 Å². The van der Waals surface area contributed by atoms with E-state index < -0.39 is 5.82 Å². The van der Waals surface area contributed by atoms with E-state index in [-0.39, 0.29) is 31.2 Å². The number of rotatable bonds is 7. The van der Waals surface area contributed by atoms with Crippen LogP contribution in [0.4, 0.5) is 4.39 Å². The number of hydrogen-bond donors (Lipinski definition) is 3. The van der Waals surface area contributed by atoms with Gasteiger partial charge in [0.1, 0.15) is 5.82 Å². The second-order valence-electron chi connectivity index (χ2n) is 6.51. The summed E-state index contributed by atoms with van der Waals surface area (Å²) in [6.07, 6.45) is 3.27. The Morgan fingerprint density at radius 2 is 1.93 bits per heavy atom. The van der Waals surface area contributed by atoms with Crippen LogP contribution >= 0.6 is 11.6 Å². The number of amides is 1. The van der Waals surface area contributed by atoms with Gasteiger partial charge in [0.25, 0.3) is 5.91 Å². The van der Waals surface area contributed by atoms with E-state index in [2.05, 4.69) is 10.3 Å². The normalized spacial score (nSPS) is 10.6. The second-order valence-corrected chi connectivity index (χ2v) is 6.95. The van der Waals surface area contributed by atoms with Gasteiger partial charge in [-0.05, 0) is 46.5 Å². The Kier molecular flexibility index (Phi) is 6.69. The lowest BCUT2D eigenvalue weighted by atomic mass is 10.0. The van der Waals surface area contributed by atoms with Gasteiger partial charge in [-0.2, -0.15) is 0 Å². The van der Waals surface area contributed by atoms with Crippen LogP contribution in [0.5, 0.6) is 0 Å². The third-order valence-corrected chi connectivity index (χ3v) is 4.59. The summed E-state index contributed by atoms with van der Waals surface area (Å²) in [5.41, 5.74) is 2.82. The van der Waals surface area contributed by atoms with Crippen LogP contribution in [0.3, 0.4) is 0 Å². The van der Waals surface area contributed by atoms with Crippen molar-refractivity contribution in [2.45, 2.75) is 13.0 Å². The van der Waals surface area contributed by atoms with Gasteiger partial charge in [0.05, 0.1) is 24.4 Å². The molecule has 0 aliphatic carbocycles. The lowest BCUT2D eigenvalue weighted by molar-refractivity contribution is 0.0959. The van der Waals surface area contributed by atoms with Crippen molar-refractivity contribution in [3.05, 3.63) is 99.6 Å². The van der Waals surface area contributed by atoms with E-state index in [1.165, 1.54) is 12.3 Å². The number of aliphatic hydroxyl groups excluding tert-OH is 1. The molecule has 1 heterocycles. The quantitative estimate of drug-likeness (QED) is 0.517. The van der Waals surface area contributed by atoms with Gasteiger partial charge in [-0.25, -0.2) is 4.39 Å². The highest BCUT2D eigenvalue weighted by Gasteiger charge is 2.11. The van der Waals surface area contributed by atoms with Gasteiger partial charge in [-0.15, -0.1) is 0 Å². The summed E-state index contributed by atoms with van der Waals surface area (Å²) >= 11 is 5.93. The first kappa shape index (κ1) is 20.6. The molecule has 0 radical (unpaired) electrons. The summed E-state index contributed by atoms with van der Waals surface area (Å²) in [7, 11) is 0. The molecule has 0 saturated carbocycles. The molecule has 29 heavy (non-hydrogen) atoms. The lowest BCUT2D eigenvalue weighted by Crippen LogP contribution is -2.29. The highest BCUT2D eigenvalue weighted by atomic mass is 35.5. The van der Waals surface area contributed by atoms with Crippen LogP contribution in [0.1, 0.15) is 32.6 Å². The number of benzene rings is 2. The number of aromatic nitrogens is 1. The summed E-state index contributed by atoms with van der Waals surface area (Å²) in [5.74, 6) is -0.788. The van der Waals surface area contributed by atoms with E-state index in [9.17, 15) is 9.18 Å². The Morgan fingerprint density at radius 1 is 1.10 bits per heavy atom. The number of carbonyl (C=O) groups is 1. The topological polar surface area (TPSA) is 86.1 Å². The maximum atomic E-state index is 14.1. The Morgan fingerprint density at radius 3 is 2.66 bits per heavy atom. The van der Waals surface area contributed by atoms with Crippen LogP contribution in [-0.4, -0.2) is 28.3 Å². The number of halogens is 2. The Labute approximate surface area is 172 Å². The molecule has 148 valence electrons. The molecule has 2 aromatic carbocycles. The number of hydrogen-bond acceptors (Lipinski definition) is 4. The fourth-order valence-electron chi connectivity index (χ4n) is 2.81. The van der Waals surface area contributed by atoms with Crippen LogP contribution in [0.15, 0.2) is 60.9 Å². The van der Waals surface area contributed by atoms with Crippen LogP contribution in [0, 0.1) is 11.2 Å². The summed E-state index contributed by atoms with van der Waals surface area (Å²) in [5, 5.41) is 20.4. The highest BCUT2D eigenvalue weighted by Crippen LogP contribution is 2.16. The van der Waals surface area contributed by atoms with Gasteiger partial charge in [-0.1, -0.05) is 35.9 Å². The van der Waals surface area contributed by atoms with Crippen LogP contribution in [-0.2, 0) is 13.0 Å². The van der Waals surface area contributed by atoms with Gasteiger partial charge < -0.3 is 15.8 Å². The molecule has 3 rings (SSSR count). The van der Waals surface area contributed by atoms with E-state index in [0.29, 0.717) is 32.8 Å². The largest absolute Gasteiger partial charge is 0.392 e. The maximum Gasteiger partial charge on any atom is 0.253 e. The van der Waals surface area contributed by atoms with Crippen molar-refractivity contribution >= 4 is 23.2 Å². The van der Waals surface area contributed by atoms with Crippen molar-refractivity contribution in [3.63, 3.8) is 0 Å². The van der Waals surface area contributed by atoms with Crippen molar-refractivity contribution in [2.75, 3.05) is 6.54 Å². The minimum atomic E-state index is -0.415. The average Bonchev–Trinajstić information content (AvgIpc) is 2.73. The second kappa shape index (κ2) is 9.41. The summed E-state index contributed by atoms with van der Waals surface area (Å²) in [6, 6.07) is 13.1. The molecule has 0 atom stereocenters. The smallest absolute Gasteiger partial charge is 0.253 e. The minimum Gasteiger partial charge on any atom is -0.392 e. The van der Waals surface area contributed by atoms with E-state index in [4.69, 9.17) is 22.1 Å². The van der Waals surface area contributed by atoms with E-state index in [1.807, 2.05) is 0 Å². The van der Waals surface area contributed by atoms with Crippen LogP contribution in [0.2, 0.25) is 5.02 Å². The Bertz CT molecular complexity index is 1060. The third-order valence-electron chi connectivity index (χ3n) is 4.35. The number of carbonyl (C=O) groups excluding carboxylic acids is 1. The molecule has 3 N–H and O–H groups in total. The fourth-order valence-corrected chi connectivity index (χ4v) is 3.00. The van der Waals surface area contributed by atoms with Gasteiger partial charge in [0.15, 0.2) is 0 Å². The number of pyridine rings is 1. The van der Waals surface area contributed by atoms with E-state index in [0.717, 1.165) is 0 Å². The maximum absolute atomic E-state index is 14.1. The first-order chi connectivity index (χ1) is 14.0. The van der Waals surface area contributed by atoms with Crippen molar-refractivity contribution in [3.8, 4) is 0 Å². The molecule has 0 spiro atoms. The van der Waals surface area contributed by atoms with Crippen LogP contribution < -0.4 is 5.32 Å². The molecule has 3 aromatic rings. The zero-order chi connectivity index (χ0) is 20.8. The molecule has 7 heteroatoms. The molecule has 0 fully saturated rings. The molecule has 0 unspecified atom stereocenters. The lowest BCUT2D eigenvalue weighted by Gasteiger charge is -2.09.